The van der Waals surface area contributed by atoms with Gasteiger partial charge in [0.05, 0.1) is 17.1 Å². The van der Waals surface area contributed by atoms with Crippen LogP contribution in [0.3, 0.4) is 0 Å². The maximum atomic E-state index is 14.9. The monoisotopic (exact) mass is 439 g/mol. The molecule has 3 rings (SSSR count). The Labute approximate surface area is 192 Å². The number of unbranched alkanes of at least 4 members (excludes halogenated alkanes) is 1. The predicted molar refractivity (Wildman–Crippen MR) is 129 cm³/mol. The fourth-order valence-corrected chi connectivity index (χ4v) is 5.03. The lowest BCUT2D eigenvalue weighted by molar-refractivity contribution is 0.275. The van der Waals surface area contributed by atoms with Crippen LogP contribution in [0, 0.1) is 29.1 Å². The molecule has 0 spiro atoms. The van der Waals surface area contributed by atoms with E-state index < -0.39 is 0 Å². The molecular weight excluding hydrogens is 401 g/mol. The zero-order valence-electron chi connectivity index (χ0n) is 19.5. The number of nitriles is 1. The van der Waals surface area contributed by atoms with Crippen molar-refractivity contribution in [1.82, 2.24) is 4.90 Å². The van der Waals surface area contributed by atoms with Gasteiger partial charge in [-0.1, -0.05) is 37.1 Å². The Kier molecular flexibility index (Phi) is 9.89. The van der Waals surface area contributed by atoms with Crippen molar-refractivity contribution in [1.29, 1.82) is 5.26 Å². The molecule has 0 aromatic rings. The minimum Gasteiger partial charge on any atom is -0.396 e. The lowest BCUT2D eigenvalue weighted by atomic mass is 9.93. The fraction of sp³-hybridized carbons (Fsp3) is 0.630. The van der Waals surface area contributed by atoms with Crippen LogP contribution in [0.2, 0.25) is 0 Å². The average Bonchev–Trinajstić information content (AvgIpc) is 2.90. The topological polar surface area (TPSA) is 59.6 Å². The van der Waals surface area contributed by atoms with Gasteiger partial charge in [-0.2, -0.15) is 5.26 Å². The third kappa shape index (κ3) is 7.53. The number of aliphatic hydroxyl groups is 1. The molecule has 0 bridgehead atoms. The highest BCUT2D eigenvalue weighted by atomic mass is 19.1. The van der Waals surface area contributed by atoms with Crippen LogP contribution in [-0.2, 0) is 0 Å². The molecular formula is C27H38FN3O. The maximum Gasteiger partial charge on any atom is 0.101 e. The Morgan fingerprint density at radius 3 is 2.94 bits per heavy atom. The number of aliphatic hydroxyl groups excluding tert-OH is 1. The second-order valence-electron chi connectivity index (χ2n) is 9.55. The standard InChI is InChI=1S/C27H38FN3O/c1-21-6-5-12-30-27(25(16-21)19-29)20-31-13-10-23-9-4-8-22(7-2-3-15-32)17-26(28)18-24(23)11-14-31/h5,9,12,16,18,21-22,24,32H,2-4,6-8,10-11,13-15,17,20H2,1H3/b12-5-,23-9-,25-16+,26-18-,30-27-/t21-,22-,24?/m0/s1. The summed E-state index contributed by atoms with van der Waals surface area (Å²) in [6.45, 7) is 4.80. The van der Waals surface area contributed by atoms with E-state index in [0.717, 1.165) is 70.2 Å². The summed E-state index contributed by atoms with van der Waals surface area (Å²) in [6.07, 6.45) is 18.3. The summed E-state index contributed by atoms with van der Waals surface area (Å²) in [5, 5.41) is 18.7. The summed E-state index contributed by atoms with van der Waals surface area (Å²) in [4.78, 5) is 6.95. The van der Waals surface area contributed by atoms with Gasteiger partial charge in [-0.3, -0.25) is 9.89 Å². The summed E-state index contributed by atoms with van der Waals surface area (Å²) in [5.74, 6) is 0.905. The number of hydrogen-bond acceptors (Lipinski definition) is 4. The number of halogens is 1. The van der Waals surface area contributed by atoms with Crippen molar-refractivity contribution < 1.29 is 9.50 Å². The lowest BCUT2D eigenvalue weighted by Crippen LogP contribution is -2.31. The Morgan fingerprint density at radius 2 is 2.12 bits per heavy atom. The van der Waals surface area contributed by atoms with Crippen LogP contribution in [0.15, 0.2) is 52.5 Å². The molecule has 1 N–H and O–H groups in total. The van der Waals surface area contributed by atoms with Crippen LogP contribution in [0.4, 0.5) is 4.39 Å². The highest BCUT2D eigenvalue weighted by molar-refractivity contribution is 6.05. The van der Waals surface area contributed by atoms with Gasteiger partial charge in [0.2, 0.25) is 0 Å². The van der Waals surface area contributed by atoms with E-state index in [1.54, 1.807) is 0 Å². The molecule has 0 aromatic carbocycles. The molecule has 2 aliphatic heterocycles. The van der Waals surface area contributed by atoms with Gasteiger partial charge in [0.1, 0.15) is 6.07 Å². The Bertz CT molecular complexity index is 817. The van der Waals surface area contributed by atoms with Crippen molar-refractivity contribution in [3.8, 4) is 6.07 Å². The van der Waals surface area contributed by atoms with Crippen molar-refractivity contribution in [2.45, 2.75) is 64.7 Å². The molecule has 0 aromatic heterocycles. The summed E-state index contributed by atoms with van der Waals surface area (Å²) in [6, 6.07) is 2.34. The van der Waals surface area contributed by atoms with Crippen molar-refractivity contribution in [3.63, 3.8) is 0 Å². The van der Waals surface area contributed by atoms with E-state index in [9.17, 15) is 9.65 Å². The summed E-state index contributed by atoms with van der Waals surface area (Å²) in [7, 11) is 0. The number of aliphatic imine (C=N–C) groups is 1. The van der Waals surface area contributed by atoms with E-state index in [1.807, 2.05) is 18.4 Å². The molecule has 32 heavy (non-hydrogen) atoms. The molecule has 0 amide bonds. The molecule has 174 valence electrons. The SMILES string of the molecule is C[C@@H]1/C=C(C#N)/C(CN2CC/C3=C/CC[C@H](CCCCO)C/C(F)=C/C3CC2)=N\C=C/C1. The summed E-state index contributed by atoms with van der Waals surface area (Å²) in [5.41, 5.74) is 2.89. The summed E-state index contributed by atoms with van der Waals surface area (Å²) >= 11 is 0. The first kappa shape index (κ1) is 24.6. The van der Waals surface area contributed by atoms with Crippen LogP contribution >= 0.6 is 0 Å². The van der Waals surface area contributed by atoms with Crippen LogP contribution in [0.1, 0.15) is 64.7 Å². The Hall–Kier alpha value is -2.03. The first-order valence-electron chi connectivity index (χ1n) is 12.3. The van der Waals surface area contributed by atoms with Gasteiger partial charge in [-0.15, -0.1) is 0 Å². The molecule has 4 nitrogen and oxygen atoms in total. The highest BCUT2D eigenvalue weighted by Gasteiger charge is 2.24. The molecule has 0 saturated carbocycles. The highest BCUT2D eigenvalue weighted by Crippen LogP contribution is 2.33. The number of allylic oxidation sites excluding steroid dienone is 5. The van der Waals surface area contributed by atoms with Gasteiger partial charge in [0.25, 0.3) is 0 Å². The van der Waals surface area contributed by atoms with Crippen molar-refractivity contribution in [3.05, 3.63) is 47.5 Å². The minimum atomic E-state index is 0.0310. The predicted octanol–water partition coefficient (Wildman–Crippen LogP) is 5.89. The Morgan fingerprint density at radius 1 is 1.25 bits per heavy atom. The number of fused-ring (bicyclic) bond motifs is 1. The van der Waals surface area contributed by atoms with E-state index >= 15 is 0 Å². The quantitative estimate of drug-likeness (QED) is 0.415. The van der Waals surface area contributed by atoms with Gasteiger partial charge in [-0.05, 0) is 69.4 Å². The van der Waals surface area contributed by atoms with Gasteiger partial charge in [0, 0.05) is 38.2 Å². The first-order valence-corrected chi connectivity index (χ1v) is 12.3. The molecule has 5 heteroatoms. The molecule has 1 fully saturated rings. The number of likely N-dealkylation sites (tertiary alicyclic amines) is 1. The Balaban J connectivity index is 1.66. The van der Waals surface area contributed by atoms with E-state index in [4.69, 9.17) is 5.11 Å². The zero-order valence-corrected chi connectivity index (χ0v) is 19.5. The van der Waals surface area contributed by atoms with Crippen LogP contribution < -0.4 is 0 Å². The second kappa shape index (κ2) is 12.9. The third-order valence-electron chi connectivity index (χ3n) is 6.92. The second-order valence-corrected chi connectivity index (χ2v) is 9.55. The van der Waals surface area contributed by atoms with E-state index in [1.165, 1.54) is 5.57 Å². The van der Waals surface area contributed by atoms with Crippen LogP contribution in [-0.4, -0.2) is 42.0 Å². The third-order valence-corrected chi connectivity index (χ3v) is 6.92. The molecule has 3 aliphatic rings. The lowest BCUT2D eigenvalue weighted by Gasteiger charge is -2.21. The van der Waals surface area contributed by atoms with Crippen LogP contribution in [0.25, 0.3) is 0 Å². The first-order chi connectivity index (χ1) is 15.6. The molecule has 1 aliphatic carbocycles. The fourth-order valence-electron chi connectivity index (χ4n) is 5.03. The molecule has 2 heterocycles. The van der Waals surface area contributed by atoms with E-state index in [-0.39, 0.29) is 18.4 Å². The van der Waals surface area contributed by atoms with Crippen LogP contribution in [0.5, 0.6) is 0 Å². The van der Waals surface area contributed by atoms with E-state index in [2.05, 4.69) is 35.0 Å². The van der Waals surface area contributed by atoms with Crippen molar-refractivity contribution in [2.24, 2.45) is 22.7 Å². The normalized spacial score (nSPS) is 35.1. The molecule has 1 saturated heterocycles. The van der Waals surface area contributed by atoms with Gasteiger partial charge in [0.15, 0.2) is 0 Å². The number of nitrogens with zero attached hydrogens (tertiary/aromatic N) is 3. The smallest absolute Gasteiger partial charge is 0.101 e. The van der Waals surface area contributed by atoms with Gasteiger partial charge in [-0.25, -0.2) is 4.39 Å². The zero-order chi connectivity index (χ0) is 22.8. The minimum absolute atomic E-state index is 0.0310. The molecule has 1 unspecified atom stereocenters. The average molecular weight is 440 g/mol. The van der Waals surface area contributed by atoms with Gasteiger partial charge < -0.3 is 5.11 Å². The van der Waals surface area contributed by atoms with Crippen molar-refractivity contribution in [2.75, 3.05) is 26.2 Å². The molecule has 0 radical (unpaired) electrons. The number of rotatable bonds is 6. The van der Waals surface area contributed by atoms with Crippen molar-refractivity contribution >= 4 is 5.71 Å². The summed E-state index contributed by atoms with van der Waals surface area (Å²) < 4.78 is 14.9. The largest absolute Gasteiger partial charge is 0.396 e. The van der Waals surface area contributed by atoms with E-state index in [0.29, 0.717) is 30.4 Å². The molecule has 3 atom stereocenters. The van der Waals surface area contributed by atoms with Gasteiger partial charge >= 0.3 is 0 Å². The number of hydrogen-bond donors (Lipinski definition) is 1. The maximum absolute atomic E-state index is 14.9.